The maximum absolute atomic E-state index is 13.0. The van der Waals surface area contributed by atoms with E-state index >= 15 is 0 Å². The van der Waals surface area contributed by atoms with Crippen molar-refractivity contribution in [1.82, 2.24) is 19.8 Å². The number of nitrogens with one attached hydrogen (secondary N) is 2. The monoisotopic (exact) mass is 471 g/mol. The van der Waals surface area contributed by atoms with Gasteiger partial charge >= 0.3 is 11.8 Å². The number of benzene rings is 1. The van der Waals surface area contributed by atoms with Gasteiger partial charge < -0.3 is 15.0 Å². The number of aryl methyl sites for hydroxylation is 1. The molecule has 0 saturated carbocycles. The lowest BCUT2D eigenvalue weighted by molar-refractivity contribution is -0.135. The van der Waals surface area contributed by atoms with Gasteiger partial charge in [0.25, 0.3) is 0 Å². The predicted octanol–water partition coefficient (Wildman–Crippen LogP) is 2.06. The molecule has 3 heterocycles. The highest BCUT2D eigenvalue weighted by Crippen LogP contribution is 2.28. The van der Waals surface area contributed by atoms with E-state index in [0.717, 1.165) is 37.1 Å². The average molecular weight is 472 g/mol. The second-order valence-electron chi connectivity index (χ2n) is 10.2. The van der Waals surface area contributed by atoms with Gasteiger partial charge in [-0.05, 0) is 64.2 Å². The first-order valence-corrected chi connectivity index (χ1v) is 11.8. The van der Waals surface area contributed by atoms with Crippen molar-refractivity contribution in [3.8, 4) is 0 Å². The predicted molar refractivity (Wildman–Crippen MR) is 128 cm³/mol. The average Bonchev–Trinajstić information content (AvgIpc) is 3.01. The van der Waals surface area contributed by atoms with Gasteiger partial charge in [0.15, 0.2) is 0 Å². The number of hydrogen-bond donors (Lipinski definition) is 2. The Bertz CT molecular complexity index is 1170. The summed E-state index contributed by atoms with van der Waals surface area (Å²) in [5, 5.41) is 5.20. The molecule has 4 rings (SSSR count). The highest BCUT2D eigenvalue weighted by molar-refractivity contribution is 6.00. The van der Waals surface area contributed by atoms with E-state index in [4.69, 9.17) is 4.74 Å². The maximum atomic E-state index is 13.0. The van der Waals surface area contributed by atoms with Crippen LogP contribution < -0.4 is 21.2 Å². The van der Waals surface area contributed by atoms with Gasteiger partial charge in [0.2, 0.25) is 11.8 Å². The highest BCUT2D eigenvalue weighted by atomic mass is 16.6. The number of fused-ring (bicyclic) bond motifs is 1. The van der Waals surface area contributed by atoms with Gasteiger partial charge in [0.1, 0.15) is 11.6 Å². The van der Waals surface area contributed by atoms with Gasteiger partial charge in [-0.2, -0.15) is 0 Å². The zero-order valence-electron chi connectivity index (χ0n) is 20.2. The van der Waals surface area contributed by atoms with Crippen LogP contribution in [0.25, 0.3) is 11.0 Å². The van der Waals surface area contributed by atoms with Crippen LogP contribution in [0, 0.1) is 5.92 Å². The number of piperidine rings is 2. The Labute approximate surface area is 198 Å². The van der Waals surface area contributed by atoms with Crippen LogP contribution in [-0.2, 0) is 21.4 Å². The van der Waals surface area contributed by atoms with Crippen LogP contribution >= 0.6 is 0 Å². The van der Waals surface area contributed by atoms with Crippen LogP contribution in [0.2, 0.25) is 0 Å². The van der Waals surface area contributed by atoms with E-state index in [-0.39, 0.29) is 24.1 Å². The number of carbonyl (C=O) groups is 3. The topological polar surface area (TPSA) is 115 Å². The van der Waals surface area contributed by atoms with E-state index in [2.05, 4.69) is 15.5 Å². The standard InChI is InChI=1S/C24H33N5O5/c1-24(2,3)34-22(32)25-14-15-9-11-28(12-10-15)16-5-6-17-19(13-16)27(4)23(33)29(17)18-7-8-20(30)26-21(18)31/h5-6,13,15,18H,7-12,14H2,1-4H3,(H,25,32)(H,26,30,31). The normalized spacial score (nSPS) is 19.9. The summed E-state index contributed by atoms with van der Waals surface area (Å²) in [6, 6.07) is 5.15. The molecular weight excluding hydrogens is 438 g/mol. The minimum absolute atomic E-state index is 0.217. The lowest BCUT2D eigenvalue weighted by Gasteiger charge is -2.34. The van der Waals surface area contributed by atoms with Crippen molar-refractivity contribution in [2.45, 2.75) is 58.1 Å². The van der Waals surface area contributed by atoms with Crippen molar-refractivity contribution < 1.29 is 19.1 Å². The minimum atomic E-state index is -0.687. The van der Waals surface area contributed by atoms with Gasteiger partial charge in [-0.3, -0.25) is 24.0 Å². The fourth-order valence-electron chi connectivity index (χ4n) is 4.72. The van der Waals surface area contributed by atoms with E-state index in [0.29, 0.717) is 24.4 Å². The zero-order valence-corrected chi connectivity index (χ0v) is 20.2. The number of rotatable bonds is 4. The molecule has 2 aliphatic heterocycles. The van der Waals surface area contributed by atoms with Crippen LogP contribution in [-0.4, -0.2) is 52.3 Å². The summed E-state index contributed by atoms with van der Waals surface area (Å²) in [6.07, 6.45) is 2.02. The molecule has 10 heteroatoms. The Morgan fingerprint density at radius 3 is 2.47 bits per heavy atom. The fourth-order valence-corrected chi connectivity index (χ4v) is 4.72. The van der Waals surface area contributed by atoms with Crippen molar-refractivity contribution in [3.05, 3.63) is 28.7 Å². The number of aromatic nitrogens is 2. The Kier molecular flexibility index (Phi) is 6.42. The molecule has 0 bridgehead atoms. The van der Waals surface area contributed by atoms with Crippen LogP contribution in [0.4, 0.5) is 10.5 Å². The maximum Gasteiger partial charge on any atom is 0.407 e. The van der Waals surface area contributed by atoms with Crippen molar-refractivity contribution >= 4 is 34.6 Å². The third-order valence-corrected chi connectivity index (χ3v) is 6.51. The number of ether oxygens (including phenoxy) is 1. The van der Waals surface area contributed by atoms with Crippen LogP contribution in [0.1, 0.15) is 52.5 Å². The van der Waals surface area contributed by atoms with E-state index in [1.807, 2.05) is 39.0 Å². The molecule has 184 valence electrons. The minimum Gasteiger partial charge on any atom is -0.444 e. The Hall–Kier alpha value is -3.30. The van der Waals surface area contributed by atoms with Crippen molar-refractivity contribution in [3.63, 3.8) is 0 Å². The Balaban J connectivity index is 1.44. The zero-order chi connectivity index (χ0) is 24.6. The summed E-state index contributed by atoms with van der Waals surface area (Å²) in [5.74, 6) is -0.357. The number of carbonyl (C=O) groups excluding carboxylic acids is 3. The molecule has 10 nitrogen and oxygen atoms in total. The molecule has 1 aromatic carbocycles. The summed E-state index contributed by atoms with van der Waals surface area (Å²) in [6.45, 7) is 7.80. The molecule has 34 heavy (non-hydrogen) atoms. The van der Waals surface area contributed by atoms with Crippen molar-refractivity contribution in [2.75, 3.05) is 24.5 Å². The molecule has 1 atom stereocenters. The number of amides is 3. The third kappa shape index (κ3) is 4.95. The first-order valence-electron chi connectivity index (χ1n) is 11.8. The molecule has 2 N–H and O–H groups in total. The Morgan fingerprint density at radius 1 is 1.12 bits per heavy atom. The molecule has 1 unspecified atom stereocenters. The number of alkyl carbamates (subject to hydrolysis) is 1. The van der Waals surface area contributed by atoms with Gasteiger partial charge in [0, 0.05) is 38.8 Å². The number of nitrogens with zero attached hydrogens (tertiary/aromatic N) is 3. The van der Waals surface area contributed by atoms with Crippen molar-refractivity contribution in [1.29, 1.82) is 0 Å². The molecule has 3 amide bonds. The smallest absolute Gasteiger partial charge is 0.407 e. The van der Waals surface area contributed by atoms with Crippen LogP contribution in [0.3, 0.4) is 0 Å². The largest absolute Gasteiger partial charge is 0.444 e. The summed E-state index contributed by atoms with van der Waals surface area (Å²) < 4.78 is 8.36. The summed E-state index contributed by atoms with van der Waals surface area (Å²) in [4.78, 5) is 51.0. The Morgan fingerprint density at radius 2 is 1.82 bits per heavy atom. The van der Waals surface area contributed by atoms with Gasteiger partial charge in [-0.1, -0.05) is 0 Å². The fraction of sp³-hybridized carbons (Fsp3) is 0.583. The van der Waals surface area contributed by atoms with Gasteiger partial charge in [-0.25, -0.2) is 9.59 Å². The van der Waals surface area contributed by atoms with E-state index in [1.54, 1.807) is 11.6 Å². The van der Waals surface area contributed by atoms with Crippen LogP contribution in [0.5, 0.6) is 0 Å². The number of hydrogen-bond acceptors (Lipinski definition) is 6. The highest BCUT2D eigenvalue weighted by Gasteiger charge is 2.31. The summed E-state index contributed by atoms with van der Waals surface area (Å²) in [7, 11) is 1.70. The molecule has 0 aliphatic carbocycles. The molecule has 2 aromatic rings. The second-order valence-corrected chi connectivity index (χ2v) is 10.2. The molecule has 1 aromatic heterocycles. The quantitative estimate of drug-likeness (QED) is 0.660. The summed E-state index contributed by atoms with van der Waals surface area (Å²) >= 11 is 0. The molecule has 2 aliphatic rings. The van der Waals surface area contributed by atoms with Gasteiger partial charge in [-0.15, -0.1) is 0 Å². The van der Waals surface area contributed by atoms with E-state index < -0.39 is 17.6 Å². The van der Waals surface area contributed by atoms with E-state index in [1.165, 1.54) is 4.57 Å². The third-order valence-electron chi connectivity index (χ3n) is 6.51. The van der Waals surface area contributed by atoms with Gasteiger partial charge in [0.05, 0.1) is 11.0 Å². The number of imidazole rings is 1. The molecule has 0 radical (unpaired) electrons. The molecule has 0 spiro atoms. The second kappa shape index (κ2) is 9.15. The first-order chi connectivity index (χ1) is 16.0. The van der Waals surface area contributed by atoms with E-state index in [9.17, 15) is 19.2 Å². The SMILES string of the molecule is Cn1c(=O)n(C2CCC(=O)NC2=O)c2ccc(N3CCC(CNC(=O)OC(C)(C)C)CC3)cc21. The molecule has 2 fully saturated rings. The first kappa shape index (κ1) is 23.8. The lowest BCUT2D eigenvalue weighted by atomic mass is 9.96. The number of imide groups is 1. The number of anilines is 1. The summed E-state index contributed by atoms with van der Waals surface area (Å²) in [5.41, 5.74) is 1.67. The lowest BCUT2D eigenvalue weighted by Crippen LogP contribution is -2.44. The van der Waals surface area contributed by atoms with Crippen molar-refractivity contribution in [2.24, 2.45) is 13.0 Å². The molecule has 2 saturated heterocycles. The van der Waals surface area contributed by atoms with Crippen LogP contribution in [0.15, 0.2) is 23.0 Å². The molecular formula is C24H33N5O5.